The van der Waals surface area contributed by atoms with Crippen LogP contribution in [0.25, 0.3) is 10.9 Å². The van der Waals surface area contributed by atoms with E-state index in [-0.39, 0.29) is 18.3 Å². The SMILES string of the molecule is CCn1c(C)c(CCC(=O)O)c(=O)c2cccc(Cl)c21. The molecule has 1 heterocycles. The molecule has 0 bridgehead atoms. The Kier molecular flexibility index (Phi) is 4.14. The number of aliphatic carboxylic acids is 1. The molecule has 0 saturated carbocycles. The van der Waals surface area contributed by atoms with E-state index >= 15 is 0 Å². The average molecular weight is 294 g/mol. The lowest BCUT2D eigenvalue weighted by Gasteiger charge is -2.17. The van der Waals surface area contributed by atoms with E-state index in [1.54, 1.807) is 18.2 Å². The van der Waals surface area contributed by atoms with Gasteiger partial charge in [-0.3, -0.25) is 9.59 Å². The van der Waals surface area contributed by atoms with Gasteiger partial charge in [0.25, 0.3) is 0 Å². The molecule has 106 valence electrons. The second-order valence-corrected chi connectivity index (χ2v) is 5.07. The van der Waals surface area contributed by atoms with Gasteiger partial charge in [-0.05, 0) is 32.4 Å². The first-order valence-electron chi connectivity index (χ1n) is 6.49. The molecule has 0 atom stereocenters. The number of para-hydroxylation sites is 1. The van der Waals surface area contributed by atoms with Crippen molar-refractivity contribution in [2.45, 2.75) is 33.2 Å². The molecule has 1 N–H and O–H groups in total. The lowest BCUT2D eigenvalue weighted by Crippen LogP contribution is -2.19. The van der Waals surface area contributed by atoms with E-state index in [0.29, 0.717) is 22.5 Å². The van der Waals surface area contributed by atoms with Gasteiger partial charge in [0.05, 0.1) is 10.5 Å². The summed E-state index contributed by atoms with van der Waals surface area (Å²) in [5, 5.41) is 9.89. The minimum atomic E-state index is -0.905. The molecule has 0 saturated heterocycles. The van der Waals surface area contributed by atoms with Gasteiger partial charge in [0.15, 0.2) is 5.43 Å². The van der Waals surface area contributed by atoms with Gasteiger partial charge in [-0.15, -0.1) is 0 Å². The molecule has 0 unspecified atom stereocenters. The number of nitrogens with zero attached hydrogens (tertiary/aromatic N) is 1. The molecule has 0 amide bonds. The molecule has 1 aromatic heterocycles. The molecule has 2 aromatic rings. The normalized spacial score (nSPS) is 10.9. The van der Waals surface area contributed by atoms with E-state index in [0.717, 1.165) is 11.2 Å². The van der Waals surface area contributed by atoms with Crippen LogP contribution in [0, 0.1) is 6.92 Å². The first-order chi connectivity index (χ1) is 9.47. The maximum absolute atomic E-state index is 12.5. The van der Waals surface area contributed by atoms with Crippen molar-refractivity contribution in [3.05, 3.63) is 44.7 Å². The number of rotatable bonds is 4. The lowest BCUT2D eigenvalue weighted by molar-refractivity contribution is -0.136. The van der Waals surface area contributed by atoms with Gasteiger partial charge in [-0.1, -0.05) is 17.7 Å². The summed E-state index contributed by atoms with van der Waals surface area (Å²) >= 11 is 6.21. The third kappa shape index (κ3) is 2.43. The Labute approximate surface area is 121 Å². The molecular formula is C15H16ClNO3. The van der Waals surface area contributed by atoms with Crippen LogP contribution in [0.4, 0.5) is 0 Å². The Bertz CT molecular complexity index is 734. The van der Waals surface area contributed by atoms with Crippen LogP contribution in [-0.4, -0.2) is 15.6 Å². The van der Waals surface area contributed by atoms with Crippen molar-refractivity contribution >= 4 is 28.5 Å². The summed E-state index contributed by atoms with van der Waals surface area (Å²) in [5.41, 5.74) is 1.95. The standard InChI is InChI=1S/C15H16ClNO3/c1-3-17-9(2)10(7-8-13(18)19)15(20)11-5-4-6-12(16)14(11)17/h4-6H,3,7-8H2,1-2H3,(H,18,19). The van der Waals surface area contributed by atoms with Gasteiger partial charge in [-0.2, -0.15) is 0 Å². The highest BCUT2D eigenvalue weighted by atomic mass is 35.5. The summed E-state index contributed by atoms with van der Waals surface area (Å²) in [7, 11) is 0. The zero-order chi connectivity index (χ0) is 14.9. The highest BCUT2D eigenvalue weighted by molar-refractivity contribution is 6.35. The van der Waals surface area contributed by atoms with Gasteiger partial charge in [0, 0.05) is 29.6 Å². The molecule has 20 heavy (non-hydrogen) atoms. The Morgan fingerprint density at radius 3 is 2.70 bits per heavy atom. The summed E-state index contributed by atoms with van der Waals surface area (Å²) < 4.78 is 1.97. The second kappa shape index (κ2) is 5.67. The number of hydrogen-bond donors (Lipinski definition) is 1. The van der Waals surface area contributed by atoms with Crippen molar-refractivity contribution in [1.82, 2.24) is 4.57 Å². The van der Waals surface area contributed by atoms with E-state index in [1.807, 2.05) is 18.4 Å². The first kappa shape index (κ1) is 14.6. The summed E-state index contributed by atoms with van der Waals surface area (Å²) in [6.45, 7) is 4.48. The largest absolute Gasteiger partial charge is 0.481 e. The van der Waals surface area contributed by atoms with E-state index in [2.05, 4.69) is 0 Å². The van der Waals surface area contributed by atoms with Crippen LogP contribution < -0.4 is 5.43 Å². The van der Waals surface area contributed by atoms with Crippen LogP contribution in [0.5, 0.6) is 0 Å². The summed E-state index contributed by atoms with van der Waals surface area (Å²) in [5.74, 6) is -0.905. The number of halogens is 1. The number of fused-ring (bicyclic) bond motifs is 1. The van der Waals surface area contributed by atoms with Crippen LogP contribution in [0.3, 0.4) is 0 Å². The number of benzene rings is 1. The van der Waals surface area contributed by atoms with Crippen molar-refractivity contribution in [3.8, 4) is 0 Å². The molecule has 0 spiro atoms. The smallest absolute Gasteiger partial charge is 0.303 e. The fourth-order valence-corrected chi connectivity index (χ4v) is 2.83. The number of hydrogen-bond acceptors (Lipinski definition) is 2. The molecule has 0 fully saturated rings. The van der Waals surface area contributed by atoms with Gasteiger partial charge < -0.3 is 9.67 Å². The predicted octanol–water partition coefficient (Wildman–Crippen LogP) is 3.00. The third-order valence-corrected chi connectivity index (χ3v) is 3.83. The first-order valence-corrected chi connectivity index (χ1v) is 6.87. The molecule has 0 aliphatic heterocycles. The number of carbonyl (C=O) groups is 1. The van der Waals surface area contributed by atoms with E-state index in [9.17, 15) is 9.59 Å². The van der Waals surface area contributed by atoms with Crippen LogP contribution in [0.2, 0.25) is 5.02 Å². The summed E-state index contributed by atoms with van der Waals surface area (Å²) in [4.78, 5) is 23.3. The van der Waals surface area contributed by atoms with Crippen LogP contribution in [0.1, 0.15) is 24.6 Å². The van der Waals surface area contributed by atoms with Crippen molar-refractivity contribution in [2.24, 2.45) is 0 Å². The molecule has 2 rings (SSSR count). The summed E-state index contributed by atoms with van der Waals surface area (Å²) in [6, 6.07) is 5.23. The Morgan fingerprint density at radius 2 is 2.10 bits per heavy atom. The number of carboxylic acids is 1. The maximum atomic E-state index is 12.5. The van der Waals surface area contributed by atoms with Crippen molar-refractivity contribution in [1.29, 1.82) is 0 Å². The molecule has 0 aliphatic carbocycles. The van der Waals surface area contributed by atoms with Crippen molar-refractivity contribution < 1.29 is 9.90 Å². The number of aryl methyl sites for hydroxylation is 1. The van der Waals surface area contributed by atoms with E-state index < -0.39 is 5.97 Å². The molecule has 5 heteroatoms. The van der Waals surface area contributed by atoms with Gasteiger partial charge >= 0.3 is 5.97 Å². The van der Waals surface area contributed by atoms with Crippen LogP contribution >= 0.6 is 11.6 Å². The fourth-order valence-electron chi connectivity index (χ4n) is 2.55. The van der Waals surface area contributed by atoms with Crippen LogP contribution in [0.15, 0.2) is 23.0 Å². The monoisotopic (exact) mass is 293 g/mol. The average Bonchev–Trinajstić information content (AvgIpc) is 2.40. The highest BCUT2D eigenvalue weighted by Gasteiger charge is 2.15. The van der Waals surface area contributed by atoms with Crippen LogP contribution in [-0.2, 0) is 17.8 Å². The quantitative estimate of drug-likeness (QED) is 0.942. The number of carboxylic acid groups (broad SMARTS) is 1. The van der Waals surface area contributed by atoms with Crippen molar-refractivity contribution in [3.63, 3.8) is 0 Å². The summed E-state index contributed by atoms with van der Waals surface area (Å²) in [6.07, 6.45) is 0.189. The third-order valence-electron chi connectivity index (χ3n) is 3.52. The minimum absolute atomic E-state index is 0.0497. The molecule has 0 aliphatic rings. The Morgan fingerprint density at radius 1 is 1.40 bits per heavy atom. The molecule has 1 aromatic carbocycles. The highest BCUT2D eigenvalue weighted by Crippen LogP contribution is 2.24. The van der Waals surface area contributed by atoms with Gasteiger partial charge in [-0.25, -0.2) is 0 Å². The predicted molar refractivity (Wildman–Crippen MR) is 79.6 cm³/mol. The molecular weight excluding hydrogens is 278 g/mol. The minimum Gasteiger partial charge on any atom is -0.481 e. The number of pyridine rings is 1. The Balaban J connectivity index is 2.78. The van der Waals surface area contributed by atoms with Gasteiger partial charge in [0.2, 0.25) is 0 Å². The van der Waals surface area contributed by atoms with E-state index in [4.69, 9.17) is 16.7 Å². The van der Waals surface area contributed by atoms with Gasteiger partial charge in [0.1, 0.15) is 0 Å². The lowest BCUT2D eigenvalue weighted by atomic mass is 10.0. The van der Waals surface area contributed by atoms with Crippen molar-refractivity contribution in [2.75, 3.05) is 0 Å². The Hall–Kier alpha value is -1.81. The maximum Gasteiger partial charge on any atom is 0.303 e. The zero-order valence-electron chi connectivity index (χ0n) is 11.4. The molecule has 4 nitrogen and oxygen atoms in total. The topological polar surface area (TPSA) is 59.3 Å². The number of aromatic nitrogens is 1. The van der Waals surface area contributed by atoms with E-state index in [1.165, 1.54) is 0 Å². The second-order valence-electron chi connectivity index (χ2n) is 4.67. The zero-order valence-corrected chi connectivity index (χ0v) is 12.2. The fraction of sp³-hybridized carbons (Fsp3) is 0.333. The molecule has 0 radical (unpaired) electrons.